The van der Waals surface area contributed by atoms with E-state index in [-0.39, 0.29) is 0 Å². The maximum Gasteiger partial charge on any atom is 0.154 e. The highest BCUT2D eigenvalue weighted by Crippen LogP contribution is 2.16. The van der Waals surface area contributed by atoms with Gasteiger partial charge in [-0.1, -0.05) is 43.7 Å². The van der Waals surface area contributed by atoms with Crippen LogP contribution < -0.4 is 0 Å². The normalized spacial score (nSPS) is 17.2. The lowest BCUT2D eigenvalue weighted by Gasteiger charge is -2.30. The maximum absolute atomic E-state index is 4.26. The van der Waals surface area contributed by atoms with Crippen molar-refractivity contribution in [2.45, 2.75) is 51.6 Å². The quantitative estimate of drug-likeness (QED) is 0.418. The highest BCUT2D eigenvalue weighted by Gasteiger charge is 2.25. The SMILES string of the molecule is C=[N+](CCCCC)C1CCN(Cc2ccccc2)CC1. The number of hydrogen-bond donors (Lipinski definition) is 0. The summed E-state index contributed by atoms with van der Waals surface area (Å²) in [4.78, 5) is 2.58. The average Bonchev–Trinajstić information content (AvgIpc) is 2.49. The van der Waals surface area contributed by atoms with Gasteiger partial charge in [0.1, 0.15) is 13.3 Å². The van der Waals surface area contributed by atoms with E-state index in [1.54, 1.807) is 0 Å². The monoisotopic (exact) mass is 273 g/mol. The van der Waals surface area contributed by atoms with Gasteiger partial charge in [-0.2, -0.15) is 0 Å². The Hall–Kier alpha value is -1.15. The van der Waals surface area contributed by atoms with Crippen LogP contribution in [0.1, 0.15) is 44.6 Å². The second kappa shape index (κ2) is 8.21. The third kappa shape index (κ3) is 4.75. The summed E-state index contributed by atoms with van der Waals surface area (Å²) < 4.78 is 2.34. The fourth-order valence-corrected chi connectivity index (χ4v) is 3.03. The van der Waals surface area contributed by atoms with Gasteiger partial charge in [0, 0.05) is 38.9 Å². The van der Waals surface area contributed by atoms with Gasteiger partial charge in [0.15, 0.2) is 6.04 Å². The molecule has 110 valence electrons. The molecule has 0 aliphatic carbocycles. The fourth-order valence-electron chi connectivity index (χ4n) is 3.03. The molecule has 0 bridgehead atoms. The third-order valence-electron chi connectivity index (χ3n) is 4.37. The van der Waals surface area contributed by atoms with Crippen LogP contribution in [0.4, 0.5) is 0 Å². The fraction of sp³-hybridized carbons (Fsp3) is 0.611. The molecule has 0 radical (unpaired) electrons. The number of benzene rings is 1. The molecule has 1 fully saturated rings. The number of unbranched alkanes of at least 4 members (excludes halogenated alkanes) is 2. The highest BCUT2D eigenvalue weighted by molar-refractivity contribution is 5.15. The molecule has 1 heterocycles. The number of piperidine rings is 1. The van der Waals surface area contributed by atoms with Crippen LogP contribution in [-0.2, 0) is 6.54 Å². The Bertz CT molecular complexity index is 391. The molecule has 2 rings (SSSR count). The van der Waals surface area contributed by atoms with Gasteiger partial charge in [-0.3, -0.25) is 4.90 Å². The van der Waals surface area contributed by atoms with E-state index >= 15 is 0 Å². The first kappa shape index (κ1) is 15.2. The zero-order valence-electron chi connectivity index (χ0n) is 12.9. The number of likely N-dealkylation sites (tertiary alicyclic amines) is 1. The Morgan fingerprint density at radius 1 is 1.15 bits per heavy atom. The summed E-state index contributed by atoms with van der Waals surface area (Å²) in [5.41, 5.74) is 1.43. The molecule has 1 saturated heterocycles. The summed E-state index contributed by atoms with van der Waals surface area (Å²) in [6.45, 7) is 11.2. The van der Waals surface area contributed by atoms with E-state index in [2.05, 4.69) is 53.4 Å². The molecule has 20 heavy (non-hydrogen) atoms. The van der Waals surface area contributed by atoms with Gasteiger partial charge in [-0.25, -0.2) is 4.58 Å². The van der Waals surface area contributed by atoms with E-state index in [1.807, 2.05) is 0 Å². The number of rotatable bonds is 7. The minimum Gasteiger partial charge on any atom is -0.299 e. The van der Waals surface area contributed by atoms with Gasteiger partial charge in [0.2, 0.25) is 0 Å². The lowest BCUT2D eigenvalue weighted by Crippen LogP contribution is -2.40. The first-order chi connectivity index (χ1) is 9.79. The van der Waals surface area contributed by atoms with Crippen molar-refractivity contribution in [3.8, 4) is 0 Å². The molecular formula is C18H29N2+. The molecule has 1 aromatic rings. The Labute approximate surface area is 124 Å². The highest BCUT2D eigenvalue weighted by atomic mass is 15.1. The molecular weight excluding hydrogens is 244 g/mol. The molecule has 1 aliphatic rings. The van der Waals surface area contributed by atoms with Crippen molar-refractivity contribution in [2.24, 2.45) is 0 Å². The minimum absolute atomic E-state index is 0.693. The second-order valence-electron chi connectivity index (χ2n) is 6.01. The average molecular weight is 273 g/mol. The van der Waals surface area contributed by atoms with Crippen LogP contribution in [0.5, 0.6) is 0 Å². The molecule has 1 aliphatic heterocycles. The van der Waals surface area contributed by atoms with Gasteiger partial charge in [0.25, 0.3) is 0 Å². The standard InChI is InChI=1S/C18H29N2/c1-3-4-8-13-19(2)18-11-14-20(15-12-18)16-17-9-6-5-7-10-17/h5-7,9-10,18H,2-4,8,11-16H2,1H3/q+1. The van der Waals surface area contributed by atoms with E-state index in [0.29, 0.717) is 6.04 Å². The van der Waals surface area contributed by atoms with Crippen LogP contribution >= 0.6 is 0 Å². The molecule has 0 atom stereocenters. The molecule has 1 aromatic carbocycles. The van der Waals surface area contributed by atoms with Crippen LogP contribution in [0.15, 0.2) is 30.3 Å². The molecule has 0 aromatic heterocycles. The van der Waals surface area contributed by atoms with Gasteiger partial charge in [-0.05, 0) is 12.0 Å². The summed E-state index contributed by atoms with van der Waals surface area (Å²) in [6.07, 6.45) is 6.46. The first-order valence-electron chi connectivity index (χ1n) is 8.13. The summed E-state index contributed by atoms with van der Waals surface area (Å²) in [5, 5.41) is 0. The molecule has 0 saturated carbocycles. The van der Waals surface area contributed by atoms with E-state index in [0.717, 1.165) is 13.1 Å². The zero-order valence-corrected chi connectivity index (χ0v) is 12.9. The van der Waals surface area contributed by atoms with E-state index < -0.39 is 0 Å². The van der Waals surface area contributed by atoms with Crippen LogP contribution in [0.3, 0.4) is 0 Å². The summed E-state index contributed by atoms with van der Waals surface area (Å²) in [5.74, 6) is 0. The number of nitrogens with zero attached hydrogens (tertiary/aromatic N) is 2. The second-order valence-corrected chi connectivity index (χ2v) is 6.01. The van der Waals surface area contributed by atoms with Gasteiger partial charge in [0.05, 0.1) is 0 Å². The Morgan fingerprint density at radius 3 is 2.50 bits per heavy atom. The lowest BCUT2D eigenvalue weighted by molar-refractivity contribution is -0.562. The van der Waals surface area contributed by atoms with Crippen molar-refractivity contribution in [1.29, 1.82) is 0 Å². The van der Waals surface area contributed by atoms with Crippen molar-refractivity contribution in [3.63, 3.8) is 0 Å². The van der Waals surface area contributed by atoms with Crippen molar-refractivity contribution >= 4 is 6.72 Å². The maximum atomic E-state index is 4.26. The summed E-state index contributed by atoms with van der Waals surface area (Å²) >= 11 is 0. The van der Waals surface area contributed by atoms with Crippen molar-refractivity contribution < 1.29 is 4.58 Å². The third-order valence-corrected chi connectivity index (χ3v) is 4.37. The molecule has 0 unspecified atom stereocenters. The Balaban J connectivity index is 1.71. The minimum atomic E-state index is 0.693. The van der Waals surface area contributed by atoms with Crippen LogP contribution in [0.2, 0.25) is 0 Å². The molecule has 0 spiro atoms. The van der Waals surface area contributed by atoms with Gasteiger partial charge >= 0.3 is 0 Å². The number of hydrogen-bond acceptors (Lipinski definition) is 1. The topological polar surface area (TPSA) is 6.25 Å². The van der Waals surface area contributed by atoms with Crippen molar-refractivity contribution in [2.75, 3.05) is 19.6 Å². The zero-order chi connectivity index (χ0) is 14.2. The lowest BCUT2D eigenvalue weighted by atomic mass is 10.0. The Kier molecular flexibility index (Phi) is 6.25. The molecule has 0 amide bonds. The Morgan fingerprint density at radius 2 is 1.85 bits per heavy atom. The largest absolute Gasteiger partial charge is 0.299 e. The predicted octanol–water partition coefficient (Wildman–Crippen LogP) is 3.55. The molecule has 0 N–H and O–H groups in total. The molecule has 2 heteroatoms. The smallest absolute Gasteiger partial charge is 0.154 e. The predicted molar refractivity (Wildman–Crippen MR) is 86.5 cm³/mol. The van der Waals surface area contributed by atoms with E-state index in [1.165, 1.54) is 50.8 Å². The van der Waals surface area contributed by atoms with E-state index in [9.17, 15) is 0 Å². The molecule has 2 nitrogen and oxygen atoms in total. The van der Waals surface area contributed by atoms with Gasteiger partial charge in [-0.15, -0.1) is 0 Å². The van der Waals surface area contributed by atoms with Crippen molar-refractivity contribution in [3.05, 3.63) is 35.9 Å². The van der Waals surface area contributed by atoms with E-state index in [4.69, 9.17) is 0 Å². The first-order valence-corrected chi connectivity index (χ1v) is 8.13. The van der Waals surface area contributed by atoms with Gasteiger partial charge < -0.3 is 0 Å². The van der Waals surface area contributed by atoms with Crippen LogP contribution in [-0.4, -0.2) is 41.9 Å². The summed E-state index contributed by atoms with van der Waals surface area (Å²) in [7, 11) is 0. The van der Waals surface area contributed by atoms with Crippen LogP contribution in [0, 0.1) is 0 Å². The van der Waals surface area contributed by atoms with Crippen LogP contribution in [0.25, 0.3) is 0 Å². The van der Waals surface area contributed by atoms with Crippen molar-refractivity contribution in [1.82, 2.24) is 4.90 Å². The summed E-state index contributed by atoms with van der Waals surface area (Å²) in [6, 6.07) is 11.5.